The second-order valence-corrected chi connectivity index (χ2v) is 18.0. The molecule has 5 amide bonds. The third-order valence-electron chi connectivity index (χ3n) is 13.6. The smallest absolute Gasteiger partial charge is 0.407 e. The lowest BCUT2D eigenvalue weighted by atomic mass is 10.0. The maximum atomic E-state index is 13.2. The molecule has 5 aliphatic rings. The maximum Gasteiger partial charge on any atom is 0.407 e. The number of nitrogens with one attached hydrogen (secondary N) is 1. The Morgan fingerprint density at radius 3 is 2.52 bits per heavy atom. The molecule has 69 heavy (non-hydrogen) atoms. The van der Waals surface area contributed by atoms with Crippen LogP contribution in [0.15, 0.2) is 60.7 Å². The van der Waals surface area contributed by atoms with Gasteiger partial charge in [0, 0.05) is 61.8 Å². The van der Waals surface area contributed by atoms with Crippen molar-refractivity contribution in [2.45, 2.75) is 69.0 Å². The van der Waals surface area contributed by atoms with Gasteiger partial charge in [0.25, 0.3) is 11.8 Å². The van der Waals surface area contributed by atoms with Crippen LogP contribution in [0.25, 0.3) is 10.8 Å². The summed E-state index contributed by atoms with van der Waals surface area (Å²) in [5.41, 5.74) is 3.57. The second kappa shape index (κ2) is 20.9. The number of hydrogen-bond acceptors (Lipinski definition) is 16. The number of carbonyl (C=O) groups is 5. The van der Waals surface area contributed by atoms with Gasteiger partial charge >= 0.3 is 12.1 Å². The number of aliphatic hydroxyl groups is 1. The van der Waals surface area contributed by atoms with E-state index in [0.29, 0.717) is 64.4 Å². The van der Waals surface area contributed by atoms with Crippen LogP contribution in [0.3, 0.4) is 0 Å². The lowest BCUT2D eigenvalue weighted by molar-refractivity contribution is -0.136. The second-order valence-electron chi connectivity index (χ2n) is 18.0. The molecule has 3 aromatic carbocycles. The lowest BCUT2D eigenvalue weighted by Crippen LogP contribution is -2.55. The molecule has 0 saturated carbocycles. The zero-order valence-electron chi connectivity index (χ0n) is 38.3. The minimum Gasteiger partial charge on any atom is -0.465 e. The minimum absolute atomic E-state index is 0.0230. The van der Waals surface area contributed by atoms with E-state index < -0.39 is 47.9 Å². The number of anilines is 2. The predicted molar refractivity (Wildman–Crippen MR) is 248 cm³/mol. The summed E-state index contributed by atoms with van der Waals surface area (Å²) in [4.78, 5) is 81.0. The van der Waals surface area contributed by atoms with E-state index in [1.807, 2.05) is 19.2 Å². The molecule has 0 radical (unpaired) electrons. The third-order valence-corrected chi connectivity index (χ3v) is 13.6. The van der Waals surface area contributed by atoms with Crippen molar-refractivity contribution in [1.29, 1.82) is 5.26 Å². The average Bonchev–Trinajstić information content (AvgIpc) is 3.83. The first-order chi connectivity index (χ1) is 33.5. The highest BCUT2D eigenvalue weighted by molar-refractivity contribution is 6.23. The highest BCUT2D eigenvalue weighted by Gasteiger charge is 2.45. The van der Waals surface area contributed by atoms with E-state index in [4.69, 9.17) is 28.9 Å². The third kappa shape index (κ3) is 10.2. The Balaban J connectivity index is 0.745. The molecule has 3 N–H and O–H groups in total. The molecule has 2 unspecified atom stereocenters. The summed E-state index contributed by atoms with van der Waals surface area (Å²) in [5.74, 6) is -1.68. The van der Waals surface area contributed by atoms with E-state index in [9.17, 15) is 39.4 Å². The van der Waals surface area contributed by atoms with Crippen LogP contribution in [0.5, 0.6) is 6.01 Å². The van der Waals surface area contributed by atoms with Crippen molar-refractivity contribution in [2.24, 2.45) is 0 Å². The molecule has 9 rings (SSSR count). The first-order valence-electron chi connectivity index (χ1n) is 23.3. The molecule has 20 heteroatoms. The molecule has 6 heterocycles. The maximum absolute atomic E-state index is 13.2. The van der Waals surface area contributed by atoms with Crippen LogP contribution in [0, 0.1) is 11.3 Å². The number of ether oxygens (including phenoxy) is 4. The number of amides is 5. The number of benzene rings is 3. The first kappa shape index (κ1) is 47.3. The van der Waals surface area contributed by atoms with Crippen LogP contribution in [0.2, 0.25) is 0 Å². The summed E-state index contributed by atoms with van der Waals surface area (Å²) in [6.07, 6.45) is -0.626. The predicted octanol–water partition coefficient (Wildman–Crippen LogP) is 2.91. The summed E-state index contributed by atoms with van der Waals surface area (Å²) < 4.78 is 23.9. The Kier molecular flexibility index (Phi) is 14.3. The molecule has 5 atom stereocenters. The molecule has 4 aromatic rings. The Morgan fingerprint density at radius 1 is 0.899 bits per heavy atom. The van der Waals surface area contributed by atoms with Crippen molar-refractivity contribution in [2.75, 3.05) is 89.2 Å². The van der Waals surface area contributed by atoms with Crippen LogP contribution < -0.4 is 19.9 Å². The Bertz CT molecular complexity index is 2660. The largest absolute Gasteiger partial charge is 0.465 e. The Labute approximate surface area is 398 Å². The van der Waals surface area contributed by atoms with Gasteiger partial charge in [-0.2, -0.15) is 15.2 Å². The fourth-order valence-corrected chi connectivity index (χ4v) is 9.98. The molecular formula is C49H55N9O11. The SMILES string of the molecule is CN1C[C@H](OCCOCCOCC(O)c2ccc3c(c2)C(=O)N(C2CCC(=O)NC2=O)C3=O)C[C@H]1COc1nc2c(c(N3CCN(C(=O)O)[C@@H](CC#N)C3)n1)CCN(c1cccc3ccccc13)C2. The molecular weight excluding hydrogens is 891 g/mol. The molecule has 1 aromatic heterocycles. The van der Waals surface area contributed by atoms with Crippen LogP contribution in [0.4, 0.5) is 16.3 Å². The first-order valence-corrected chi connectivity index (χ1v) is 23.3. The van der Waals surface area contributed by atoms with Gasteiger partial charge in [0.1, 0.15) is 24.6 Å². The monoisotopic (exact) mass is 945 g/mol. The molecule has 0 spiro atoms. The number of nitrogens with zero attached hydrogens (tertiary/aromatic N) is 8. The van der Waals surface area contributed by atoms with E-state index in [1.54, 1.807) is 6.07 Å². The van der Waals surface area contributed by atoms with Gasteiger partial charge in [-0.05, 0) is 55.5 Å². The molecule has 0 aliphatic carbocycles. The number of rotatable bonds is 17. The van der Waals surface area contributed by atoms with Crippen LogP contribution >= 0.6 is 0 Å². The van der Waals surface area contributed by atoms with Crippen LogP contribution in [-0.4, -0.2) is 168 Å². The highest BCUT2D eigenvalue weighted by atomic mass is 16.5. The summed E-state index contributed by atoms with van der Waals surface area (Å²) in [7, 11) is 2.02. The number of likely N-dealkylation sites (tertiary alicyclic amines) is 1. The molecule has 3 saturated heterocycles. The van der Waals surface area contributed by atoms with Gasteiger partial charge in [-0.15, -0.1) is 0 Å². The normalized spacial score (nSPS) is 22.2. The van der Waals surface area contributed by atoms with Gasteiger partial charge in [0.15, 0.2) is 0 Å². The van der Waals surface area contributed by atoms with Crippen molar-refractivity contribution < 1.29 is 53.1 Å². The zero-order chi connectivity index (χ0) is 48.2. The van der Waals surface area contributed by atoms with Gasteiger partial charge in [-0.3, -0.25) is 34.3 Å². The fraction of sp³-hybridized carbons (Fsp3) is 0.469. The number of piperidine rings is 1. The molecule has 20 nitrogen and oxygen atoms in total. The van der Waals surface area contributed by atoms with E-state index in [-0.39, 0.29) is 74.9 Å². The number of carboxylic acid groups (broad SMARTS) is 1. The number of piperazine rings is 1. The van der Waals surface area contributed by atoms with Crippen LogP contribution in [0.1, 0.15) is 69.3 Å². The Hall–Kier alpha value is -6.76. The lowest BCUT2D eigenvalue weighted by Gasteiger charge is -2.41. The van der Waals surface area contributed by atoms with Gasteiger partial charge < -0.3 is 43.9 Å². The molecule has 362 valence electrons. The van der Waals surface area contributed by atoms with Gasteiger partial charge in [-0.1, -0.05) is 42.5 Å². The zero-order valence-corrected chi connectivity index (χ0v) is 38.3. The van der Waals surface area contributed by atoms with E-state index >= 15 is 0 Å². The number of carbonyl (C=O) groups excluding carboxylic acids is 4. The summed E-state index contributed by atoms with van der Waals surface area (Å²) >= 11 is 0. The van der Waals surface area contributed by atoms with Crippen molar-refractivity contribution in [3.05, 3.63) is 88.6 Å². The number of hydrogen-bond donors (Lipinski definition) is 3. The fourth-order valence-electron chi connectivity index (χ4n) is 9.98. The van der Waals surface area contributed by atoms with Gasteiger partial charge in [0.2, 0.25) is 11.8 Å². The van der Waals surface area contributed by atoms with E-state index in [2.05, 4.69) is 56.4 Å². The van der Waals surface area contributed by atoms with Gasteiger partial charge in [-0.25, -0.2) is 4.79 Å². The van der Waals surface area contributed by atoms with Crippen molar-refractivity contribution in [3.8, 4) is 12.1 Å². The van der Waals surface area contributed by atoms with E-state index in [1.165, 1.54) is 17.0 Å². The molecule has 5 aliphatic heterocycles. The number of imide groups is 2. The summed E-state index contributed by atoms with van der Waals surface area (Å²) in [6, 6.07) is 19.9. The van der Waals surface area contributed by atoms with E-state index in [0.717, 1.165) is 45.0 Å². The standard InChI is InChI=1S/C49H55N9O11/c1-54-26-34(68-22-21-66-19-20-67-29-42(59)31-9-10-36-38(23-31)47(63)58(46(36)62)41-11-12-43(60)52-45(41)61)24-33(54)28-69-48-51-39-27-55(40-8-4-6-30-5-2-3-7-35(30)40)16-14-37(39)44(53-48)56-17-18-57(49(64)65)32(25-56)13-15-50/h2-10,23,32-34,41-42,59H,11-14,16-22,24-29H2,1H3,(H,64,65)(H,52,60,61)/t32-,33-,34+,41?,42?/m0/s1. The van der Waals surface area contributed by atoms with Crippen molar-refractivity contribution in [3.63, 3.8) is 0 Å². The van der Waals surface area contributed by atoms with Crippen molar-refractivity contribution >= 4 is 52.0 Å². The minimum atomic E-state index is -1.08. The number of likely N-dealkylation sites (N-methyl/N-ethyl adjacent to an activating group) is 1. The highest BCUT2D eigenvalue weighted by Crippen LogP contribution is 2.36. The summed E-state index contributed by atoms with van der Waals surface area (Å²) in [6.45, 7) is 4.38. The molecule has 3 fully saturated rings. The topological polar surface area (TPSA) is 241 Å². The van der Waals surface area contributed by atoms with Gasteiger partial charge in [0.05, 0.1) is 81.0 Å². The van der Waals surface area contributed by atoms with Crippen LogP contribution in [-0.2, 0) is 36.8 Å². The average molecular weight is 946 g/mol. The Morgan fingerprint density at radius 2 is 1.70 bits per heavy atom. The number of nitriles is 1. The number of aliphatic hydroxyl groups excluding tert-OH is 1. The quantitative estimate of drug-likeness (QED) is 0.102. The summed E-state index contributed by atoms with van der Waals surface area (Å²) in [5, 5.41) is 34.7. The number of fused-ring (bicyclic) bond motifs is 3. The number of aromatic nitrogens is 2. The van der Waals surface area contributed by atoms with Crippen molar-refractivity contribution in [1.82, 2.24) is 30.0 Å². The molecule has 0 bridgehead atoms.